The van der Waals surface area contributed by atoms with Crippen LogP contribution in [-0.4, -0.2) is 45.4 Å². The highest BCUT2D eigenvalue weighted by atomic mass is 35.5. The zero-order chi connectivity index (χ0) is 24.7. The zero-order valence-electron chi connectivity index (χ0n) is 18.3. The van der Waals surface area contributed by atoms with E-state index < -0.39 is 22.9 Å². The number of carbonyl (C=O) groups is 2. The minimum atomic E-state index is -4.63. The van der Waals surface area contributed by atoms with Gasteiger partial charge in [-0.25, -0.2) is 0 Å². The van der Waals surface area contributed by atoms with Crippen molar-refractivity contribution in [1.29, 1.82) is 0 Å². The zero-order valence-corrected chi connectivity index (χ0v) is 19.9. The molecule has 2 fully saturated rings. The van der Waals surface area contributed by atoms with Gasteiger partial charge in [0.15, 0.2) is 0 Å². The summed E-state index contributed by atoms with van der Waals surface area (Å²) in [5, 5.41) is 10.3. The first-order valence-corrected chi connectivity index (χ1v) is 12.2. The lowest BCUT2D eigenvalue weighted by Gasteiger charge is -2.29. The Bertz CT molecular complexity index is 1350. The van der Waals surface area contributed by atoms with Crippen LogP contribution in [0.4, 0.5) is 18.0 Å². The fraction of sp³-hybridized carbons (Fsp3) is 0.292. The molecule has 0 radical (unpaired) electrons. The summed E-state index contributed by atoms with van der Waals surface area (Å²) in [6.45, 7) is 1.31. The van der Waals surface area contributed by atoms with Crippen LogP contribution in [0.5, 0.6) is 0 Å². The molecule has 2 aliphatic heterocycles. The quantitative estimate of drug-likeness (QED) is 0.436. The Kier molecular flexibility index (Phi) is 6.37. The molecule has 2 aliphatic rings. The fourth-order valence-electron chi connectivity index (χ4n) is 4.53. The van der Waals surface area contributed by atoms with E-state index in [4.69, 9.17) is 11.6 Å². The maximum Gasteiger partial charge on any atom is 0.416 e. The number of aromatic nitrogens is 2. The van der Waals surface area contributed by atoms with Crippen LogP contribution in [0.15, 0.2) is 47.5 Å². The molecule has 0 saturated carbocycles. The third-order valence-corrected chi connectivity index (χ3v) is 7.47. The van der Waals surface area contributed by atoms with Crippen LogP contribution in [0.25, 0.3) is 16.5 Å². The van der Waals surface area contributed by atoms with Gasteiger partial charge in [0.05, 0.1) is 28.2 Å². The van der Waals surface area contributed by atoms with E-state index in [0.29, 0.717) is 24.1 Å². The van der Waals surface area contributed by atoms with E-state index in [1.807, 2.05) is 0 Å². The summed E-state index contributed by atoms with van der Waals surface area (Å²) >= 11 is 6.65. The van der Waals surface area contributed by atoms with E-state index in [2.05, 4.69) is 15.5 Å². The smallest absolute Gasteiger partial charge is 0.315 e. The monoisotopic (exact) mass is 520 g/mol. The Morgan fingerprint density at radius 3 is 2.77 bits per heavy atom. The normalized spacial score (nSPS) is 20.7. The number of imide groups is 1. The van der Waals surface area contributed by atoms with Crippen molar-refractivity contribution in [3.63, 3.8) is 0 Å². The van der Waals surface area contributed by atoms with Crippen molar-refractivity contribution in [3.8, 4) is 0 Å². The van der Waals surface area contributed by atoms with Crippen molar-refractivity contribution in [1.82, 2.24) is 20.4 Å². The van der Waals surface area contributed by atoms with Crippen LogP contribution in [0.3, 0.4) is 0 Å². The van der Waals surface area contributed by atoms with Gasteiger partial charge >= 0.3 is 6.18 Å². The van der Waals surface area contributed by atoms with Crippen molar-refractivity contribution in [2.45, 2.75) is 31.5 Å². The Balaban J connectivity index is 1.63. The first kappa shape index (κ1) is 23.9. The predicted octanol–water partition coefficient (Wildman–Crippen LogP) is 5.64. The summed E-state index contributed by atoms with van der Waals surface area (Å²) in [5.74, 6) is -0.474. The van der Waals surface area contributed by atoms with E-state index in [-0.39, 0.29) is 28.0 Å². The number of nitrogens with zero attached hydrogens (tertiary/aromatic N) is 2. The lowest BCUT2D eigenvalue weighted by Crippen LogP contribution is -2.47. The van der Waals surface area contributed by atoms with E-state index in [0.717, 1.165) is 41.7 Å². The van der Waals surface area contributed by atoms with Crippen molar-refractivity contribution in [2.75, 3.05) is 13.1 Å². The molecule has 2 aromatic carbocycles. The third kappa shape index (κ3) is 4.70. The van der Waals surface area contributed by atoms with Crippen LogP contribution in [0.1, 0.15) is 29.5 Å². The molecule has 3 heterocycles. The molecule has 2 N–H and O–H groups in total. The number of amides is 2. The summed E-state index contributed by atoms with van der Waals surface area (Å²) in [4.78, 5) is 27.8. The lowest BCUT2D eigenvalue weighted by atomic mass is 9.93. The third-order valence-electron chi connectivity index (χ3n) is 6.24. The molecule has 35 heavy (non-hydrogen) atoms. The number of hydrogen-bond donors (Lipinski definition) is 2. The molecule has 0 aliphatic carbocycles. The molecule has 1 atom stereocenters. The number of halogens is 4. The van der Waals surface area contributed by atoms with Crippen LogP contribution < -0.4 is 5.32 Å². The number of allylic oxidation sites excluding steroid dienone is 1. The fourth-order valence-corrected chi connectivity index (χ4v) is 5.71. The number of aromatic amines is 1. The van der Waals surface area contributed by atoms with Gasteiger partial charge in [-0.1, -0.05) is 23.7 Å². The molecular formula is C24H20ClF3N4O2S. The molecular weight excluding hydrogens is 501 g/mol. The topological polar surface area (TPSA) is 78.1 Å². The highest BCUT2D eigenvalue weighted by molar-refractivity contribution is 8.18. The average molecular weight is 521 g/mol. The number of fused-ring (bicyclic) bond motifs is 1. The van der Waals surface area contributed by atoms with Gasteiger partial charge in [-0.15, -0.1) is 0 Å². The molecule has 11 heteroatoms. The van der Waals surface area contributed by atoms with Gasteiger partial charge in [0, 0.05) is 17.0 Å². The standard InChI is InChI=1S/C24H20ClF3N4O2S/c25-16-5-3-14(19(10-16)24(26,27)28)9-18(13-4-6-20-15(8-13)11-30-31-20)21-22(33)32(23(34)35-21)17-2-1-7-29-12-17/h3-6,8,10-11,17,29H,1-2,7,9,12H2,(H,30,31)/b21-18-. The second kappa shape index (κ2) is 9.33. The second-order valence-corrected chi connectivity index (χ2v) is 9.90. The number of rotatable bonds is 4. The number of benzene rings is 2. The van der Waals surface area contributed by atoms with E-state index >= 15 is 0 Å². The van der Waals surface area contributed by atoms with Crippen molar-refractivity contribution < 1.29 is 22.8 Å². The van der Waals surface area contributed by atoms with Gasteiger partial charge in [-0.2, -0.15) is 18.3 Å². The summed E-state index contributed by atoms with van der Waals surface area (Å²) in [6, 6.07) is 8.53. The summed E-state index contributed by atoms with van der Waals surface area (Å²) < 4.78 is 41.5. The number of piperidine rings is 1. The van der Waals surface area contributed by atoms with Gasteiger partial charge in [0.25, 0.3) is 11.1 Å². The minimum Gasteiger partial charge on any atom is -0.315 e. The molecule has 6 nitrogen and oxygen atoms in total. The largest absolute Gasteiger partial charge is 0.416 e. The second-order valence-electron chi connectivity index (χ2n) is 8.50. The van der Waals surface area contributed by atoms with Gasteiger partial charge in [-0.05, 0) is 78.5 Å². The van der Waals surface area contributed by atoms with Crippen LogP contribution in [0.2, 0.25) is 5.02 Å². The molecule has 3 aromatic rings. The van der Waals surface area contributed by atoms with Crippen molar-refractivity contribution in [3.05, 3.63) is 69.2 Å². The first-order valence-electron chi connectivity index (χ1n) is 11.0. The number of nitrogens with one attached hydrogen (secondary N) is 2. The lowest BCUT2D eigenvalue weighted by molar-refractivity contribution is -0.138. The van der Waals surface area contributed by atoms with Gasteiger partial charge in [-0.3, -0.25) is 19.6 Å². The SMILES string of the molecule is O=C1S/C(=C(/Cc2ccc(Cl)cc2C(F)(F)F)c2ccc3[nH]ncc3c2)C(=O)N1C1CCCNC1. The summed E-state index contributed by atoms with van der Waals surface area (Å²) in [5.41, 5.74) is 0.750. The Morgan fingerprint density at radius 2 is 2.03 bits per heavy atom. The summed E-state index contributed by atoms with van der Waals surface area (Å²) in [6.07, 6.45) is -1.72. The molecule has 5 rings (SSSR count). The average Bonchev–Trinajstić information content (AvgIpc) is 3.41. The number of thioether (sulfide) groups is 1. The maximum atomic E-state index is 13.8. The number of carbonyl (C=O) groups excluding carboxylic acids is 2. The van der Waals surface area contributed by atoms with E-state index in [1.165, 1.54) is 17.0 Å². The molecule has 0 bridgehead atoms. The van der Waals surface area contributed by atoms with Crippen LogP contribution in [0, 0.1) is 0 Å². The van der Waals surface area contributed by atoms with Crippen molar-refractivity contribution >= 4 is 51.0 Å². The first-order chi connectivity index (χ1) is 16.7. The Hall–Kier alpha value is -2.82. The van der Waals surface area contributed by atoms with Crippen molar-refractivity contribution in [2.24, 2.45) is 0 Å². The number of hydrogen-bond acceptors (Lipinski definition) is 5. The van der Waals surface area contributed by atoms with Gasteiger partial charge in [0.1, 0.15) is 0 Å². The number of alkyl halides is 3. The molecule has 2 amide bonds. The number of H-pyrrole nitrogens is 1. The molecule has 1 unspecified atom stereocenters. The highest BCUT2D eigenvalue weighted by Crippen LogP contribution is 2.42. The maximum absolute atomic E-state index is 13.8. The summed E-state index contributed by atoms with van der Waals surface area (Å²) in [7, 11) is 0. The van der Waals surface area contributed by atoms with E-state index in [9.17, 15) is 22.8 Å². The Morgan fingerprint density at radius 1 is 1.20 bits per heavy atom. The molecule has 2 saturated heterocycles. The molecule has 0 spiro atoms. The molecule has 1 aromatic heterocycles. The minimum absolute atomic E-state index is 0.0321. The highest BCUT2D eigenvalue weighted by Gasteiger charge is 2.42. The van der Waals surface area contributed by atoms with Crippen LogP contribution >= 0.6 is 23.4 Å². The predicted molar refractivity (Wildman–Crippen MR) is 129 cm³/mol. The van der Waals surface area contributed by atoms with E-state index in [1.54, 1.807) is 24.4 Å². The molecule has 182 valence electrons. The Labute approximate surface area is 207 Å². The van der Waals surface area contributed by atoms with Gasteiger partial charge in [0.2, 0.25) is 0 Å². The van der Waals surface area contributed by atoms with Gasteiger partial charge < -0.3 is 5.32 Å². The van der Waals surface area contributed by atoms with Crippen LogP contribution in [-0.2, 0) is 17.4 Å².